The molecule has 2 saturated heterocycles. The van der Waals surface area contributed by atoms with E-state index >= 15 is 0 Å². The second-order valence-corrected chi connectivity index (χ2v) is 6.57. The van der Waals surface area contributed by atoms with Crippen molar-refractivity contribution in [3.05, 3.63) is 0 Å². The van der Waals surface area contributed by atoms with Crippen LogP contribution in [0.25, 0.3) is 0 Å². The molecule has 4 heteroatoms. The monoisotopic (exact) mass is 282 g/mol. The molecule has 2 aliphatic rings. The smallest absolute Gasteiger partial charge is 0.222 e. The van der Waals surface area contributed by atoms with Crippen LogP contribution < -0.4 is 5.32 Å². The van der Waals surface area contributed by atoms with Crippen molar-refractivity contribution in [2.24, 2.45) is 17.8 Å². The van der Waals surface area contributed by atoms with Gasteiger partial charge in [0.2, 0.25) is 5.91 Å². The lowest BCUT2D eigenvalue weighted by molar-refractivity contribution is -0.134. The molecule has 0 bridgehead atoms. The Bertz CT molecular complexity index is 301. The lowest BCUT2D eigenvalue weighted by Gasteiger charge is -2.34. The van der Waals surface area contributed by atoms with E-state index in [1.54, 1.807) is 7.11 Å². The molecule has 2 rings (SSSR count). The summed E-state index contributed by atoms with van der Waals surface area (Å²) in [5.74, 6) is 2.14. The second kappa shape index (κ2) is 7.99. The molecule has 2 atom stereocenters. The molecule has 116 valence electrons. The fourth-order valence-electron chi connectivity index (χ4n) is 3.65. The van der Waals surface area contributed by atoms with E-state index in [0.717, 1.165) is 51.5 Å². The third-order valence-electron chi connectivity index (χ3n) is 4.96. The average molecular weight is 282 g/mol. The van der Waals surface area contributed by atoms with Gasteiger partial charge in [0.1, 0.15) is 0 Å². The van der Waals surface area contributed by atoms with Crippen LogP contribution >= 0.6 is 0 Å². The lowest BCUT2D eigenvalue weighted by atomic mass is 9.83. The van der Waals surface area contributed by atoms with Crippen molar-refractivity contribution in [3.8, 4) is 0 Å². The maximum Gasteiger partial charge on any atom is 0.222 e. The maximum absolute atomic E-state index is 12.5. The summed E-state index contributed by atoms with van der Waals surface area (Å²) in [7, 11) is 1.75. The minimum atomic E-state index is 0.358. The highest BCUT2D eigenvalue weighted by Gasteiger charge is 2.27. The van der Waals surface area contributed by atoms with E-state index in [0.29, 0.717) is 17.7 Å². The third kappa shape index (κ3) is 4.45. The summed E-state index contributed by atoms with van der Waals surface area (Å²) in [4.78, 5) is 14.5. The Morgan fingerprint density at radius 3 is 2.80 bits per heavy atom. The van der Waals surface area contributed by atoms with E-state index in [1.807, 2.05) is 0 Å². The topological polar surface area (TPSA) is 41.6 Å². The number of likely N-dealkylation sites (tertiary alicyclic amines) is 1. The summed E-state index contributed by atoms with van der Waals surface area (Å²) < 4.78 is 5.24. The molecule has 0 aromatic carbocycles. The average Bonchev–Trinajstić information content (AvgIpc) is 2.48. The van der Waals surface area contributed by atoms with Crippen LogP contribution in [0, 0.1) is 17.8 Å². The van der Waals surface area contributed by atoms with Gasteiger partial charge in [-0.3, -0.25) is 4.79 Å². The molecule has 0 spiro atoms. The number of hydrogen-bond donors (Lipinski definition) is 1. The molecule has 0 saturated carbocycles. The van der Waals surface area contributed by atoms with Crippen LogP contribution in [-0.4, -0.2) is 50.7 Å². The largest absolute Gasteiger partial charge is 0.384 e. The molecule has 2 aliphatic heterocycles. The summed E-state index contributed by atoms with van der Waals surface area (Å²) in [6.45, 7) is 7.10. The van der Waals surface area contributed by atoms with E-state index in [9.17, 15) is 4.79 Å². The van der Waals surface area contributed by atoms with E-state index in [1.165, 1.54) is 19.3 Å². The number of carbonyl (C=O) groups excluding carboxylic acids is 1. The first-order valence-electron chi connectivity index (χ1n) is 8.18. The first-order chi connectivity index (χ1) is 9.70. The normalized spacial score (nSPS) is 26.5. The maximum atomic E-state index is 12.5. The second-order valence-electron chi connectivity index (χ2n) is 6.57. The molecule has 2 fully saturated rings. The van der Waals surface area contributed by atoms with Crippen LogP contribution in [0.15, 0.2) is 0 Å². The van der Waals surface area contributed by atoms with Gasteiger partial charge in [-0.05, 0) is 56.5 Å². The van der Waals surface area contributed by atoms with Crippen molar-refractivity contribution >= 4 is 5.91 Å². The van der Waals surface area contributed by atoms with Crippen LogP contribution in [0.3, 0.4) is 0 Å². The van der Waals surface area contributed by atoms with Crippen molar-refractivity contribution in [1.82, 2.24) is 10.2 Å². The summed E-state index contributed by atoms with van der Waals surface area (Å²) in [5.41, 5.74) is 0. The van der Waals surface area contributed by atoms with Crippen molar-refractivity contribution < 1.29 is 9.53 Å². The molecule has 0 aromatic heterocycles. The van der Waals surface area contributed by atoms with Crippen molar-refractivity contribution in [3.63, 3.8) is 0 Å². The number of nitrogens with zero attached hydrogens (tertiary/aromatic N) is 1. The highest BCUT2D eigenvalue weighted by atomic mass is 16.5. The van der Waals surface area contributed by atoms with Crippen LogP contribution in [0.4, 0.5) is 0 Å². The molecule has 2 heterocycles. The first kappa shape index (κ1) is 15.8. The molecule has 2 unspecified atom stereocenters. The number of piperidine rings is 2. The zero-order valence-electron chi connectivity index (χ0n) is 13.1. The first-order valence-corrected chi connectivity index (χ1v) is 8.18. The number of rotatable bonds is 5. The molecule has 1 amide bonds. The Morgan fingerprint density at radius 2 is 2.10 bits per heavy atom. The van der Waals surface area contributed by atoms with Crippen LogP contribution in [0.1, 0.15) is 39.0 Å². The predicted octanol–water partition coefficient (Wildman–Crippen LogP) is 1.90. The van der Waals surface area contributed by atoms with E-state index in [-0.39, 0.29) is 0 Å². The van der Waals surface area contributed by atoms with Gasteiger partial charge in [-0.15, -0.1) is 0 Å². The van der Waals surface area contributed by atoms with E-state index in [2.05, 4.69) is 17.1 Å². The molecule has 1 N–H and O–H groups in total. The fraction of sp³-hybridized carbons (Fsp3) is 0.938. The summed E-state index contributed by atoms with van der Waals surface area (Å²) in [6, 6.07) is 0. The number of amides is 1. The van der Waals surface area contributed by atoms with E-state index < -0.39 is 0 Å². The molecule has 0 aromatic rings. The summed E-state index contributed by atoms with van der Waals surface area (Å²) >= 11 is 0. The van der Waals surface area contributed by atoms with Crippen molar-refractivity contribution in [2.75, 3.05) is 39.9 Å². The highest BCUT2D eigenvalue weighted by Crippen LogP contribution is 2.26. The van der Waals surface area contributed by atoms with Crippen LogP contribution in [0.5, 0.6) is 0 Å². The Hall–Kier alpha value is -0.610. The SMILES string of the molecule is COCC1CCCN(C(=O)CC(C)C2CCNCC2)C1. The van der Waals surface area contributed by atoms with Gasteiger partial charge in [0.15, 0.2) is 0 Å². The van der Waals surface area contributed by atoms with Gasteiger partial charge >= 0.3 is 0 Å². The zero-order chi connectivity index (χ0) is 14.4. The van der Waals surface area contributed by atoms with Gasteiger partial charge in [0.05, 0.1) is 6.61 Å². The van der Waals surface area contributed by atoms with Crippen molar-refractivity contribution in [1.29, 1.82) is 0 Å². The predicted molar refractivity (Wildman–Crippen MR) is 80.6 cm³/mol. The quantitative estimate of drug-likeness (QED) is 0.837. The van der Waals surface area contributed by atoms with Crippen LogP contribution in [-0.2, 0) is 9.53 Å². The van der Waals surface area contributed by atoms with E-state index in [4.69, 9.17) is 4.74 Å². The fourth-order valence-corrected chi connectivity index (χ4v) is 3.65. The molecule has 0 aliphatic carbocycles. The number of ether oxygens (including phenoxy) is 1. The highest BCUT2D eigenvalue weighted by molar-refractivity contribution is 5.76. The standard InChI is InChI=1S/C16H30N2O2/c1-13(15-5-7-17-8-6-15)10-16(19)18-9-3-4-14(11-18)12-20-2/h13-15,17H,3-12H2,1-2H3. The van der Waals surface area contributed by atoms with Crippen LogP contribution in [0.2, 0.25) is 0 Å². The van der Waals surface area contributed by atoms with Crippen molar-refractivity contribution in [2.45, 2.75) is 39.0 Å². The Morgan fingerprint density at radius 1 is 1.35 bits per heavy atom. The Kier molecular flexibility index (Phi) is 6.30. The molecule has 0 radical (unpaired) electrons. The van der Waals surface area contributed by atoms with Gasteiger partial charge in [0.25, 0.3) is 0 Å². The number of hydrogen-bond acceptors (Lipinski definition) is 3. The summed E-state index contributed by atoms with van der Waals surface area (Å²) in [5, 5.41) is 3.40. The number of methoxy groups -OCH3 is 1. The lowest BCUT2D eigenvalue weighted by Crippen LogP contribution is -2.42. The molecular formula is C16H30N2O2. The Balaban J connectivity index is 1.78. The molecular weight excluding hydrogens is 252 g/mol. The van der Waals surface area contributed by atoms with Gasteiger partial charge in [0, 0.05) is 26.6 Å². The van der Waals surface area contributed by atoms with Gasteiger partial charge in [-0.25, -0.2) is 0 Å². The molecule has 4 nitrogen and oxygen atoms in total. The number of carbonyl (C=O) groups is 1. The van der Waals surface area contributed by atoms with Gasteiger partial charge < -0.3 is 15.0 Å². The Labute approximate surface area is 123 Å². The van der Waals surface area contributed by atoms with Gasteiger partial charge in [-0.2, -0.15) is 0 Å². The molecule has 20 heavy (non-hydrogen) atoms. The zero-order valence-corrected chi connectivity index (χ0v) is 13.1. The third-order valence-corrected chi connectivity index (χ3v) is 4.96. The minimum absolute atomic E-state index is 0.358. The minimum Gasteiger partial charge on any atom is -0.384 e. The van der Waals surface area contributed by atoms with Gasteiger partial charge in [-0.1, -0.05) is 6.92 Å². The number of nitrogens with one attached hydrogen (secondary N) is 1. The summed E-state index contributed by atoms with van der Waals surface area (Å²) in [6.07, 6.45) is 5.49.